The fourth-order valence-electron chi connectivity index (χ4n) is 7.08. The first-order chi connectivity index (χ1) is 18.9. The second-order valence-corrected chi connectivity index (χ2v) is 12.6. The molecule has 0 aromatic heterocycles. The molecule has 0 unspecified atom stereocenters. The third-order valence-corrected chi connectivity index (χ3v) is 10.1. The van der Waals surface area contributed by atoms with Gasteiger partial charge in [-0.05, 0) is 113 Å². The Morgan fingerprint density at radius 1 is 0.487 bits per heavy atom. The van der Waals surface area contributed by atoms with Crippen LogP contribution >= 0.6 is 0 Å². The quantitative estimate of drug-likeness (QED) is 0.297. The van der Waals surface area contributed by atoms with Gasteiger partial charge in [-0.1, -0.05) is 40.0 Å². The van der Waals surface area contributed by atoms with Gasteiger partial charge in [0, 0.05) is 34.8 Å². The molecule has 3 fully saturated rings. The molecule has 0 atom stereocenters. The van der Waals surface area contributed by atoms with Crippen molar-refractivity contribution >= 4 is 34.8 Å². The van der Waals surface area contributed by atoms with Crippen LogP contribution < -0.4 is 16.0 Å². The molecule has 1 aromatic rings. The average molecular weight is 538 g/mol. The molecule has 6 nitrogen and oxygen atoms in total. The predicted octanol–water partition coefficient (Wildman–Crippen LogP) is 8.15. The highest BCUT2D eigenvalue weighted by atomic mass is 16.2. The summed E-state index contributed by atoms with van der Waals surface area (Å²) in [5.41, 5.74) is 1.90. The Kier molecular flexibility index (Phi) is 10.9. The average Bonchev–Trinajstić information content (AvgIpc) is 2.97. The van der Waals surface area contributed by atoms with E-state index in [1.54, 1.807) is 0 Å². The Balaban J connectivity index is 1.45. The van der Waals surface area contributed by atoms with Gasteiger partial charge < -0.3 is 16.0 Å². The third-order valence-electron chi connectivity index (χ3n) is 10.1. The van der Waals surface area contributed by atoms with Gasteiger partial charge in [0.2, 0.25) is 17.7 Å². The molecule has 3 N–H and O–H groups in total. The third kappa shape index (κ3) is 8.31. The number of benzene rings is 1. The van der Waals surface area contributed by atoms with Crippen molar-refractivity contribution in [2.45, 2.75) is 117 Å². The van der Waals surface area contributed by atoms with Gasteiger partial charge in [0.05, 0.1) is 0 Å². The Morgan fingerprint density at radius 3 is 0.923 bits per heavy atom. The number of hydrogen-bond donors (Lipinski definition) is 3. The van der Waals surface area contributed by atoms with E-state index < -0.39 is 0 Å². The topological polar surface area (TPSA) is 87.3 Å². The molecule has 4 rings (SSSR count). The molecular weight excluding hydrogens is 486 g/mol. The lowest BCUT2D eigenvalue weighted by Crippen LogP contribution is -2.29. The summed E-state index contributed by atoms with van der Waals surface area (Å²) in [4.78, 5) is 39.5. The number of carbonyl (C=O) groups is 3. The minimum Gasteiger partial charge on any atom is -0.326 e. The molecule has 1 aromatic carbocycles. The number of anilines is 3. The second kappa shape index (κ2) is 14.3. The number of rotatable bonds is 9. The number of carbonyl (C=O) groups excluding carboxylic acids is 3. The highest BCUT2D eigenvalue weighted by molar-refractivity contribution is 5.99. The molecule has 0 heterocycles. The lowest BCUT2D eigenvalue weighted by atomic mass is 9.80. The minimum atomic E-state index is 0.0200. The Bertz CT molecular complexity index is 832. The van der Waals surface area contributed by atoms with E-state index in [2.05, 4.69) is 36.7 Å². The molecule has 3 aliphatic carbocycles. The van der Waals surface area contributed by atoms with Crippen LogP contribution in [-0.4, -0.2) is 17.7 Å². The van der Waals surface area contributed by atoms with Gasteiger partial charge in [0.25, 0.3) is 0 Å². The van der Waals surface area contributed by atoms with Crippen LogP contribution in [0.4, 0.5) is 17.1 Å². The maximum atomic E-state index is 13.2. The lowest BCUT2D eigenvalue weighted by molar-refractivity contribution is -0.121. The van der Waals surface area contributed by atoms with E-state index in [1.165, 1.54) is 19.3 Å². The molecule has 3 amide bonds. The molecule has 6 heteroatoms. The monoisotopic (exact) mass is 537 g/mol. The van der Waals surface area contributed by atoms with E-state index in [1.807, 2.05) is 18.2 Å². The van der Waals surface area contributed by atoms with E-state index in [0.717, 1.165) is 94.8 Å². The van der Waals surface area contributed by atoms with Crippen LogP contribution in [0, 0.1) is 35.5 Å². The Labute approximate surface area is 235 Å². The summed E-state index contributed by atoms with van der Waals surface area (Å²) >= 11 is 0. The van der Waals surface area contributed by atoms with Gasteiger partial charge in [-0.15, -0.1) is 0 Å². The molecule has 0 radical (unpaired) electrons. The molecule has 0 spiro atoms. The first-order valence-electron chi connectivity index (χ1n) is 16.0. The normalized spacial score (nSPS) is 29.3. The summed E-state index contributed by atoms with van der Waals surface area (Å²) in [5.74, 6) is 2.38. The summed E-state index contributed by atoms with van der Waals surface area (Å²) in [7, 11) is 0. The number of hydrogen-bond acceptors (Lipinski definition) is 3. The van der Waals surface area contributed by atoms with Crippen LogP contribution in [0.3, 0.4) is 0 Å². The minimum absolute atomic E-state index is 0.0200. The molecule has 3 aliphatic rings. The van der Waals surface area contributed by atoms with Crippen LogP contribution in [0.25, 0.3) is 0 Å². The van der Waals surface area contributed by atoms with Crippen LogP contribution in [0.15, 0.2) is 18.2 Å². The van der Waals surface area contributed by atoms with E-state index in [9.17, 15) is 14.4 Å². The highest BCUT2D eigenvalue weighted by Gasteiger charge is 2.28. The zero-order chi connectivity index (χ0) is 27.8. The number of nitrogens with one attached hydrogen (secondary N) is 3. The lowest BCUT2D eigenvalue weighted by Gasteiger charge is -2.28. The predicted molar refractivity (Wildman–Crippen MR) is 160 cm³/mol. The second-order valence-electron chi connectivity index (χ2n) is 12.6. The maximum absolute atomic E-state index is 13.2. The maximum Gasteiger partial charge on any atom is 0.227 e. The van der Waals surface area contributed by atoms with Crippen LogP contribution in [-0.2, 0) is 14.4 Å². The SMILES string of the molecule is CC[C@H]1CC[C@H](C(=O)Nc2cc(NC(=O)[C@H]3CC[C@H](CC)CC3)cc(NC(=O)[C@H]3CC[C@H](CC)CC3)c2)CC1. The summed E-state index contributed by atoms with van der Waals surface area (Å²) in [6.45, 7) is 6.68. The molecule has 3 saturated carbocycles. The van der Waals surface area contributed by atoms with Gasteiger partial charge in [0.15, 0.2) is 0 Å². The molecule has 39 heavy (non-hydrogen) atoms. The van der Waals surface area contributed by atoms with Gasteiger partial charge >= 0.3 is 0 Å². The standard InChI is InChI=1S/C33H51N3O3/c1-4-22-7-13-25(14-8-22)31(37)34-28-19-29(35-32(38)26-15-9-23(5-2)10-16-26)21-30(20-28)36-33(39)27-17-11-24(6-3)12-18-27/h19-27H,4-18H2,1-3H3,(H,34,37)(H,35,38)(H,36,39)/t22-,23-,24-,25-,26-,27-. The van der Waals surface area contributed by atoms with Crippen molar-refractivity contribution in [3.63, 3.8) is 0 Å². The first kappa shape index (κ1) is 29.6. The zero-order valence-corrected chi connectivity index (χ0v) is 24.5. The Morgan fingerprint density at radius 2 is 0.718 bits per heavy atom. The van der Waals surface area contributed by atoms with Crippen LogP contribution in [0.2, 0.25) is 0 Å². The summed E-state index contributed by atoms with van der Waals surface area (Å²) < 4.78 is 0. The molecule has 0 bridgehead atoms. The van der Waals surface area contributed by atoms with Crippen molar-refractivity contribution in [2.24, 2.45) is 35.5 Å². The Hall–Kier alpha value is -2.37. The highest BCUT2D eigenvalue weighted by Crippen LogP contribution is 2.35. The largest absolute Gasteiger partial charge is 0.326 e. The van der Waals surface area contributed by atoms with Gasteiger partial charge in [-0.25, -0.2) is 0 Å². The van der Waals surface area contributed by atoms with Crippen LogP contribution in [0.1, 0.15) is 117 Å². The molecular formula is C33H51N3O3. The van der Waals surface area contributed by atoms with Gasteiger partial charge in [0.1, 0.15) is 0 Å². The molecule has 216 valence electrons. The summed E-state index contributed by atoms with van der Waals surface area (Å²) in [5, 5.41) is 9.35. The van der Waals surface area contributed by atoms with Crippen molar-refractivity contribution in [3.05, 3.63) is 18.2 Å². The smallest absolute Gasteiger partial charge is 0.227 e. The van der Waals surface area contributed by atoms with E-state index in [4.69, 9.17) is 0 Å². The van der Waals surface area contributed by atoms with E-state index in [-0.39, 0.29) is 35.5 Å². The molecule has 0 saturated heterocycles. The fourth-order valence-corrected chi connectivity index (χ4v) is 7.08. The van der Waals surface area contributed by atoms with Crippen molar-refractivity contribution in [2.75, 3.05) is 16.0 Å². The van der Waals surface area contributed by atoms with Crippen molar-refractivity contribution in [3.8, 4) is 0 Å². The number of amides is 3. The first-order valence-corrected chi connectivity index (χ1v) is 16.0. The van der Waals surface area contributed by atoms with E-state index >= 15 is 0 Å². The van der Waals surface area contributed by atoms with Crippen LogP contribution in [0.5, 0.6) is 0 Å². The van der Waals surface area contributed by atoms with Gasteiger partial charge in [-0.2, -0.15) is 0 Å². The van der Waals surface area contributed by atoms with Crippen molar-refractivity contribution in [1.29, 1.82) is 0 Å². The van der Waals surface area contributed by atoms with Gasteiger partial charge in [-0.3, -0.25) is 14.4 Å². The fraction of sp³-hybridized carbons (Fsp3) is 0.727. The van der Waals surface area contributed by atoms with E-state index in [0.29, 0.717) is 17.1 Å². The van der Waals surface area contributed by atoms with Crippen molar-refractivity contribution < 1.29 is 14.4 Å². The zero-order valence-electron chi connectivity index (χ0n) is 24.5. The molecule has 0 aliphatic heterocycles. The van der Waals surface area contributed by atoms with Crippen molar-refractivity contribution in [1.82, 2.24) is 0 Å². The summed E-state index contributed by atoms with van der Waals surface area (Å²) in [6, 6.07) is 5.52. The summed E-state index contributed by atoms with van der Waals surface area (Å²) in [6.07, 6.45) is 15.7.